The van der Waals surface area contributed by atoms with Crippen LogP contribution < -0.4 is 5.32 Å². The molecule has 0 saturated carbocycles. The van der Waals surface area contributed by atoms with Crippen molar-refractivity contribution in [3.05, 3.63) is 81.7 Å². The summed E-state index contributed by atoms with van der Waals surface area (Å²) in [5.74, 6) is 0.392. The molecule has 0 radical (unpaired) electrons. The molecule has 0 atom stereocenters. The maximum absolute atomic E-state index is 12.9. The highest BCUT2D eigenvalue weighted by molar-refractivity contribution is 6.35. The van der Waals surface area contributed by atoms with Gasteiger partial charge >= 0.3 is 0 Å². The van der Waals surface area contributed by atoms with E-state index in [9.17, 15) is 4.79 Å². The van der Waals surface area contributed by atoms with Gasteiger partial charge < -0.3 is 10.2 Å². The Balaban J connectivity index is 1.53. The van der Waals surface area contributed by atoms with E-state index in [-0.39, 0.29) is 5.91 Å². The fourth-order valence-electron chi connectivity index (χ4n) is 3.15. The van der Waals surface area contributed by atoms with Gasteiger partial charge in [0.1, 0.15) is 17.8 Å². The van der Waals surface area contributed by atoms with Crippen molar-refractivity contribution in [1.82, 2.24) is 14.9 Å². The largest absolute Gasteiger partial charge is 0.340 e. The summed E-state index contributed by atoms with van der Waals surface area (Å²) in [5, 5.41) is 4.14. The molecule has 27 heavy (non-hydrogen) atoms. The molecule has 5 nitrogen and oxygen atoms in total. The number of hydrogen-bond acceptors (Lipinski definition) is 4. The first kappa shape index (κ1) is 17.8. The average Bonchev–Trinajstić information content (AvgIpc) is 2.66. The molecule has 7 heteroatoms. The summed E-state index contributed by atoms with van der Waals surface area (Å²) in [7, 11) is 0. The van der Waals surface area contributed by atoms with Crippen LogP contribution in [0.3, 0.4) is 0 Å². The lowest BCUT2D eigenvalue weighted by atomic mass is 10.00. The number of benzene rings is 2. The van der Waals surface area contributed by atoms with Crippen LogP contribution in [-0.2, 0) is 13.0 Å². The number of anilines is 2. The van der Waals surface area contributed by atoms with Gasteiger partial charge in [-0.05, 0) is 35.7 Å². The van der Waals surface area contributed by atoms with E-state index < -0.39 is 0 Å². The molecule has 0 fully saturated rings. The van der Waals surface area contributed by atoms with Crippen LogP contribution in [0.1, 0.15) is 21.6 Å². The van der Waals surface area contributed by atoms with Crippen LogP contribution in [0.5, 0.6) is 0 Å². The molecule has 3 aromatic rings. The lowest BCUT2D eigenvalue weighted by Crippen LogP contribution is -2.36. The number of nitrogens with zero attached hydrogens (tertiary/aromatic N) is 3. The summed E-state index contributed by atoms with van der Waals surface area (Å²) in [4.78, 5) is 23.0. The summed E-state index contributed by atoms with van der Waals surface area (Å²) < 4.78 is 0. The van der Waals surface area contributed by atoms with Crippen molar-refractivity contribution in [2.45, 2.75) is 13.0 Å². The molecule has 1 aliphatic rings. The Labute approximate surface area is 167 Å². The Bertz CT molecular complexity index is 989. The number of amides is 1. The molecule has 1 amide bonds. The maximum atomic E-state index is 12.9. The molecule has 2 heterocycles. The second-order valence-electron chi connectivity index (χ2n) is 6.32. The predicted octanol–water partition coefficient (Wildman–Crippen LogP) is 4.73. The third-order valence-electron chi connectivity index (χ3n) is 4.44. The summed E-state index contributed by atoms with van der Waals surface area (Å²) in [6.07, 6.45) is 2.22. The third-order valence-corrected chi connectivity index (χ3v) is 4.88. The van der Waals surface area contributed by atoms with Crippen molar-refractivity contribution < 1.29 is 4.79 Å². The SMILES string of the molecule is O=C(c1cc(Nc2cc(Cl)cc(Cl)c2)ncn1)N1CCc2ccccc2C1. The first-order valence-corrected chi connectivity index (χ1v) is 9.25. The minimum Gasteiger partial charge on any atom is -0.340 e. The third kappa shape index (κ3) is 4.04. The predicted molar refractivity (Wildman–Crippen MR) is 107 cm³/mol. The molecule has 0 spiro atoms. The van der Waals surface area contributed by atoms with Gasteiger partial charge in [-0.1, -0.05) is 47.5 Å². The number of hydrogen-bond donors (Lipinski definition) is 1. The van der Waals surface area contributed by atoms with E-state index in [0.717, 1.165) is 6.42 Å². The van der Waals surface area contributed by atoms with Gasteiger partial charge in [0.05, 0.1) is 0 Å². The van der Waals surface area contributed by atoms with E-state index in [1.165, 1.54) is 17.5 Å². The molecule has 1 aromatic heterocycles. The molecule has 0 unspecified atom stereocenters. The fraction of sp³-hybridized carbons (Fsp3) is 0.150. The van der Waals surface area contributed by atoms with Crippen molar-refractivity contribution in [1.29, 1.82) is 0 Å². The van der Waals surface area contributed by atoms with E-state index in [2.05, 4.69) is 27.4 Å². The van der Waals surface area contributed by atoms with Crippen molar-refractivity contribution in [3.63, 3.8) is 0 Å². The Morgan fingerprint density at radius 2 is 1.74 bits per heavy atom. The Morgan fingerprint density at radius 3 is 2.52 bits per heavy atom. The lowest BCUT2D eigenvalue weighted by molar-refractivity contribution is 0.0728. The molecule has 4 rings (SSSR count). The van der Waals surface area contributed by atoms with Gasteiger partial charge in [0.2, 0.25) is 0 Å². The monoisotopic (exact) mass is 398 g/mol. The van der Waals surface area contributed by atoms with Crippen LogP contribution in [0.15, 0.2) is 54.9 Å². The second kappa shape index (κ2) is 7.55. The minimum atomic E-state index is -0.112. The van der Waals surface area contributed by atoms with E-state index in [4.69, 9.17) is 23.2 Å². The maximum Gasteiger partial charge on any atom is 0.272 e. The molecule has 1 aliphatic heterocycles. The van der Waals surface area contributed by atoms with Gasteiger partial charge in [-0.15, -0.1) is 0 Å². The molecule has 2 aromatic carbocycles. The first-order valence-electron chi connectivity index (χ1n) is 8.50. The lowest BCUT2D eigenvalue weighted by Gasteiger charge is -2.28. The first-order chi connectivity index (χ1) is 13.1. The van der Waals surface area contributed by atoms with Gasteiger partial charge in [-0.2, -0.15) is 0 Å². The van der Waals surface area contributed by atoms with Crippen LogP contribution in [0, 0.1) is 0 Å². The fourth-order valence-corrected chi connectivity index (χ4v) is 3.67. The highest BCUT2D eigenvalue weighted by Gasteiger charge is 2.22. The van der Waals surface area contributed by atoms with Crippen molar-refractivity contribution in [2.75, 3.05) is 11.9 Å². The molecule has 0 aliphatic carbocycles. The summed E-state index contributed by atoms with van der Waals surface area (Å²) in [5.41, 5.74) is 3.51. The van der Waals surface area contributed by atoms with E-state index in [1.54, 1.807) is 24.3 Å². The standard InChI is InChI=1S/C20H16Cl2N4O/c21-15-7-16(22)9-17(8-15)25-19-10-18(23-12-24-19)20(27)26-6-5-13-3-1-2-4-14(13)11-26/h1-4,7-10,12H,5-6,11H2,(H,23,24,25). The van der Waals surface area contributed by atoms with Crippen LogP contribution in [0.2, 0.25) is 10.0 Å². The molecular weight excluding hydrogens is 383 g/mol. The zero-order chi connectivity index (χ0) is 18.8. The van der Waals surface area contributed by atoms with Gasteiger partial charge in [-0.3, -0.25) is 4.79 Å². The Morgan fingerprint density at radius 1 is 1.00 bits per heavy atom. The molecule has 0 bridgehead atoms. The number of carbonyl (C=O) groups is 1. The minimum absolute atomic E-state index is 0.112. The van der Waals surface area contributed by atoms with E-state index in [0.29, 0.717) is 40.3 Å². The number of carbonyl (C=O) groups excluding carboxylic acids is 1. The van der Waals surface area contributed by atoms with Crippen molar-refractivity contribution in [3.8, 4) is 0 Å². The van der Waals surface area contributed by atoms with Gasteiger partial charge in [0.25, 0.3) is 5.91 Å². The van der Waals surface area contributed by atoms with Crippen molar-refractivity contribution >= 4 is 40.6 Å². The Hall–Kier alpha value is -2.63. The highest BCUT2D eigenvalue weighted by Crippen LogP contribution is 2.25. The van der Waals surface area contributed by atoms with Crippen LogP contribution in [0.25, 0.3) is 0 Å². The van der Waals surface area contributed by atoms with Gasteiger partial charge in [0, 0.05) is 34.9 Å². The summed E-state index contributed by atoms with van der Waals surface area (Å²) >= 11 is 12.0. The topological polar surface area (TPSA) is 58.1 Å². The second-order valence-corrected chi connectivity index (χ2v) is 7.19. The van der Waals surface area contributed by atoms with E-state index >= 15 is 0 Å². The van der Waals surface area contributed by atoms with Gasteiger partial charge in [-0.25, -0.2) is 9.97 Å². The summed E-state index contributed by atoms with van der Waals surface area (Å²) in [6, 6.07) is 15.0. The Kier molecular flexibility index (Phi) is 4.97. The number of fused-ring (bicyclic) bond motifs is 1. The molecule has 0 saturated heterocycles. The van der Waals surface area contributed by atoms with E-state index in [1.807, 2.05) is 17.0 Å². The quantitative estimate of drug-likeness (QED) is 0.692. The number of rotatable bonds is 3. The molecule has 1 N–H and O–H groups in total. The molecular formula is C20H16Cl2N4O. The number of aromatic nitrogens is 2. The van der Waals surface area contributed by atoms with Crippen LogP contribution in [0.4, 0.5) is 11.5 Å². The smallest absolute Gasteiger partial charge is 0.272 e. The summed E-state index contributed by atoms with van der Waals surface area (Å²) in [6.45, 7) is 1.26. The van der Waals surface area contributed by atoms with Crippen molar-refractivity contribution in [2.24, 2.45) is 0 Å². The molecule has 136 valence electrons. The van der Waals surface area contributed by atoms with Gasteiger partial charge in [0.15, 0.2) is 0 Å². The highest BCUT2D eigenvalue weighted by atomic mass is 35.5. The average molecular weight is 399 g/mol. The number of nitrogens with one attached hydrogen (secondary N) is 1. The van der Waals surface area contributed by atoms with Crippen LogP contribution >= 0.6 is 23.2 Å². The number of halogens is 2. The normalized spacial score (nSPS) is 13.2. The van der Waals surface area contributed by atoms with Crippen LogP contribution in [-0.4, -0.2) is 27.3 Å². The zero-order valence-corrected chi connectivity index (χ0v) is 15.8. The zero-order valence-electron chi connectivity index (χ0n) is 14.3.